The lowest BCUT2D eigenvalue weighted by molar-refractivity contribution is 0.128. The fourth-order valence-corrected chi connectivity index (χ4v) is 1.86. The highest BCUT2D eigenvalue weighted by molar-refractivity contribution is 4.78. The van der Waals surface area contributed by atoms with Crippen molar-refractivity contribution in [1.29, 1.82) is 0 Å². The average Bonchev–Trinajstić information content (AvgIpc) is 2.27. The first-order valence-electron chi connectivity index (χ1n) is 6.37. The van der Waals surface area contributed by atoms with Gasteiger partial charge in [-0.3, -0.25) is 0 Å². The first-order valence-corrected chi connectivity index (χ1v) is 6.37. The quantitative estimate of drug-likeness (QED) is 0.652. The van der Waals surface area contributed by atoms with Crippen molar-refractivity contribution in [3.05, 3.63) is 0 Å². The molecule has 0 aromatic carbocycles. The molecule has 0 aliphatic heterocycles. The van der Waals surface area contributed by atoms with Gasteiger partial charge in [0.2, 0.25) is 0 Å². The Morgan fingerprint density at radius 3 is 2.07 bits per heavy atom. The van der Waals surface area contributed by atoms with Gasteiger partial charge in [0.15, 0.2) is 0 Å². The van der Waals surface area contributed by atoms with Crippen LogP contribution in [0, 0.1) is 11.3 Å². The van der Waals surface area contributed by atoms with Crippen molar-refractivity contribution in [3.8, 4) is 0 Å². The Kier molecular flexibility index (Phi) is 7.20. The van der Waals surface area contributed by atoms with E-state index in [1.807, 2.05) is 0 Å². The standard InChI is InChI=1S/C13H29NO/c1-6-12(7-2)11(4)14-9-13(5,8-3)10-15/h11-12,14-15H,6-10H2,1-5H3. The molecule has 0 rings (SSSR count). The van der Waals surface area contributed by atoms with Gasteiger partial charge < -0.3 is 10.4 Å². The van der Waals surface area contributed by atoms with E-state index in [2.05, 4.69) is 39.9 Å². The van der Waals surface area contributed by atoms with Crippen molar-refractivity contribution in [2.45, 2.75) is 59.9 Å². The summed E-state index contributed by atoms with van der Waals surface area (Å²) in [5.74, 6) is 0.754. The molecule has 2 N–H and O–H groups in total. The van der Waals surface area contributed by atoms with Gasteiger partial charge in [-0.25, -0.2) is 0 Å². The van der Waals surface area contributed by atoms with Crippen molar-refractivity contribution in [2.24, 2.45) is 11.3 Å². The highest BCUT2D eigenvalue weighted by atomic mass is 16.3. The number of nitrogens with one attached hydrogen (secondary N) is 1. The van der Waals surface area contributed by atoms with E-state index in [0.717, 1.165) is 18.9 Å². The van der Waals surface area contributed by atoms with Gasteiger partial charge in [0.1, 0.15) is 0 Å². The van der Waals surface area contributed by atoms with E-state index in [-0.39, 0.29) is 12.0 Å². The van der Waals surface area contributed by atoms with Crippen molar-refractivity contribution in [2.75, 3.05) is 13.2 Å². The SMILES string of the molecule is CCC(CC)C(C)NCC(C)(CC)CO. The zero-order chi connectivity index (χ0) is 11.9. The molecule has 2 heteroatoms. The minimum Gasteiger partial charge on any atom is -0.396 e. The monoisotopic (exact) mass is 215 g/mol. The van der Waals surface area contributed by atoms with Crippen LogP contribution in [0.1, 0.15) is 53.9 Å². The van der Waals surface area contributed by atoms with Gasteiger partial charge in [-0.1, -0.05) is 40.5 Å². The van der Waals surface area contributed by atoms with E-state index in [9.17, 15) is 5.11 Å². The predicted octanol–water partition coefficient (Wildman–Crippen LogP) is 2.81. The minimum absolute atomic E-state index is 0.0420. The van der Waals surface area contributed by atoms with Gasteiger partial charge >= 0.3 is 0 Å². The van der Waals surface area contributed by atoms with Gasteiger partial charge in [0.25, 0.3) is 0 Å². The van der Waals surface area contributed by atoms with Crippen LogP contribution in [-0.4, -0.2) is 24.3 Å². The third-order valence-corrected chi connectivity index (χ3v) is 3.84. The van der Waals surface area contributed by atoms with Crippen LogP contribution in [-0.2, 0) is 0 Å². The van der Waals surface area contributed by atoms with Crippen LogP contribution in [0.4, 0.5) is 0 Å². The average molecular weight is 215 g/mol. The molecule has 0 saturated heterocycles. The summed E-state index contributed by atoms with van der Waals surface area (Å²) in [4.78, 5) is 0. The Bertz CT molecular complexity index is 151. The van der Waals surface area contributed by atoms with Crippen LogP contribution >= 0.6 is 0 Å². The maximum atomic E-state index is 9.31. The second-order valence-corrected chi connectivity index (χ2v) is 5.07. The van der Waals surface area contributed by atoms with E-state index < -0.39 is 0 Å². The zero-order valence-corrected chi connectivity index (χ0v) is 11.1. The third-order valence-electron chi connectivity index (χ3n) is 3.84. The smallest absolute Gasteiger partial charge is 0.0496 e. The molecule has 0 fully saturated rings. The fraction of sp³-hybridized carbons (Fsp3) is 1.00. The molecule has 15 heavy (non-hydrogen) atoms. The maximum absolute atomic E-state index is 9.31. The van der Waals surface area contributed by atoms with Gasteiger partial charge in [0, 0.05) is 24.6 Å². The molecule has 0 bridgehead atoms. The molecule has 0 aromatic heterocycles. The van der Waals surface area contributed by atoms with Crippen molar-refractivity contribution < 1.29 is 5.11 Å². The molecular weight excluding hydrogens is 186 g/mol. The summed E-state index contributed by atoms with van der Waals surface area (Å²) in [6.07, 6.45) is 3.48. The Labute approximate surface area is 95.5 Å². The molecule has 2 unspecified atom stereocenters. The Morgan fingerprint density at radius 2 is 1.73 bits per heavy atom. The van der Waals surface area contributed by atoms with Crippen LogP contribution < -0.4 is 5.32 Å². The van der Waals surface area contributed by atoms with E-state index in [1.54, 1.807) is 0 Å². The molecule has 0 aromatic rings. The number of hydrogen-bond donors (Lipinski definition) is 2. The lowest BCUT2D eigenvalue weighted by atomic mass is 9.87. The molecular formula is C13H29NO. The van der Waals surface area contributed by atoms with Crippen LogP contribution in [0.25, 0.3) is 0 Å². The summed E-state index contributed by atoms with van der Waals surface area (Å²) in [5.41, 5.74) is 0.0420. The molecule has 0 spiro atoms. The van der Waals surface area contributed by atoms with Crippen molar-refractivity contribution in [1.82, 2.24) is 5.32 Å². The summed E-state index contributed by atoms with van der Waals surface area (Å²) >= 11 is 0. The zero-order valence-electron chi connectivity index (χ0n) is 11.1. The molecule has 0 heterocycles. The van der Waals surface area contributed by atoms with E-state index in [4.69, 9.17) is 0 Å². The van der Waals surface area contributed by atoms with Crippen LogP contribution in [0.15, 0.2) is 0 Å². The normalized spacial score (nSPS) is 17.8. The topological polar surface area (TPSA) is 32.3 Å². The number of aliphatic hydroxyl groups is 1. The van der Waals surface area contributed by atoms with E-state index in [1.165, 1.54) is 12.8 Å². The summed E-state index contributed by atoms with van der Waals surface area (Å²) in [5, 5.41) is 12.9. The number of rotatable bonds is 8. The Morgan fingerprint density at radius 1 is 1.20 bits per heavy atom. The molecule has 0 radical (unpaired) electrons. The number of aliphatic hydroxyl groups excluding tert-OH is 1. The molecule has 2 atom stereocenters. The van der Waals surface area contributed by atoms with E-state index in [0.29, 0.717) is 6.04 Å². The second kappa shape index (κ2) is 7.24. The Balaban J connectivity index is 4.02. The summed E-state index contributed by atoms with van der Waals surface area (Å²) < 4.78 is 0. The predicted molar refractivity (Wildman–Crippen MR) is 67.0 cm³/mol. The molecule has 0 saturated carbocycles. The van der Waals surface area contributed by atoms with Crippen LogP contribution in [0.3, 0.4) is 0 Å². The van der Waals surface area contributed by atoms with Crippen LogP contribution in [0.2, 0.25) is 0 Å². The summed E-state index contributed by atoms with van der Waals surface area (Å²) in [6, 6.07) is 0.553. The second-order valence-electron chi connectivity index (χ2n) is 5.07. The van der Waals surface area contributed by atoms with Crippen molar-refractivity contribution >= 4 is 0 Å². The van der Waals surface area contributed by atoms with Gasteiger partial charge in [0.05, 0.1) is 0 Å². The van der Waals surface area contributed by atoms with Crippen molar-refractivity contribution in [3.63, 3.8) is 0 Å². The first-order chi connectivity index (χ1) is 7.02. The highest BCUT2D eigenvalue weighted by Gasteiger charge is 2.22. The molecule has 0 aliphatic rings. The van der Waals surface area contributed by atoms with Gasteiger partial charge in [-0.05, 0) is 19.3 Å². The first kappa shape index (κ1) is 14.9. The highest BCUT2D eigenvalue weighted by Crippen LogP contribution is 2.20. The third kappa shape index (κ3) is 4.98. The molecule has 0 amide bonds. The van der Waals surface area contributed by atoms with Gasteiger partial charge in [-0.2, -0.15) is 0 Å². The largest absolute Gasteiger partial charge is 0.396 e. The Hall–Kier alpha value is -0.0800. The van der Waals surface area contributed by atoms with Crippen LogP contribution in [0.5, 0.6) is 0 Å². The lowest BCUT2D eigenvalue weighted by Crippen LogP contribution is -2.41. The minimum atomic E-state index is 0.0420. The molecule has 2 nitrogen and oxygen atoms in total. The number of hydrogen-bond acceptors (Lipinski definition) is 2. The molecule has 92 valence electrons. The summed E-state index contributed by atoms with van der Waals surface area (Å²) in [6.45, 7) is 12.2. The van der Waals surface area contributed by atoms with Gasteiger partial charge in [-0.15, -0.1) is 0 Å². The molecule has 0 aliphatic carbocycles. The lowest BCUT2D eigenvalue weighted by Gasteiger charge is -2.30. The van der Waals surface area contributed by atoms with E-state index >= 15 is 0 Å². The summed E-state index contributed by atoms with van der Waals surface area (Å²) in [7, 11) is 0. The fourth-order valence-electron chi connectivity index (χ4n) is 1.86. The maximum Gasteiger partial charge on any atom is 0.0496 e.